The van der Waals surface area contributed by atoms with Crippen molar-refractivity contribution in [2.24, 2.45) is 0 Å². The summed E-state index contributed by atoms with van der Waals surface area (Å²) in [5.74, 6) is -1.99. The van der Waals surface area contributed by atoms with Crippen LogP contribution in [0.25, 0.3) is 17.1 Å². The van der Waals surface area contributed by atoms with Crippen LogP contribution in [0.4, 0.5) is 14.5 Å². The number of nitrogens with one attached hydrogen (secondary N) is 1. The van der Waals surface area contributed by atoms with Crippen molar-refractivity contribution in [2.45, 2.75) is 22.7 Å². The number of halogens is 2. The Kier molecular flexibility index (Phi) is 7.36. The molecule has 1 N–H and O–H groups in total. The van der Waals surface area contributed by atoms with Gasteiger partial charge in [-0.15, -0.1) is 10.2 Å². The number of aryl methyl sites for hydroxylation is 1. The molecular formula is C23H19F2N5OS2. The van der Waals surface area contributed by atoms with Crippen molar-refractivity contribution in [3.8, 4) is 17.1 Å². The van der Waals surface area contributed by atoms with Crippen molar-refractivity contribution in [3.63, 3.8) is 0 Å². The zero-order chi connectivity index (χ0) is 23.2. The smallest absolute Gasteiger partial charge is 0.288 e. The molecule has 0 aliphatic heterocycles. The summed E-state index contributed by atoms with van der Waals surface area (Å²) >= 11 is 1.72. The highest BCUT2D eigenvalue weighted by atomic mass is 32.2. The van der Waals surface area contributed by atoms with Gasteiger partial charge in [0.2, 0.25) is 5.91 Å². The normalized spacial score (nSPS) is 11.0. The van der Waals surface area contributed by atoms with E-state index in [2.05, 4.69) is 20.5 Å². The Bertz CT molecular complexity index is 1230. The van der Waals surface area contributed by atoms with E-state index in [-0.39, 0.29) is 11.7 Å². The van der Waals surface area contributed by atoms with E-state index in [1.54, 1.807) is 36.7 Å². The number of anilines is 1. The molecule has 2 aromatic heterocycles. The second kappa shape index (κ2) is 10.6. The van der Waals surface area contributed by atoms with E-state index in [0.717, 1.165) is 16.8 Å². The van der Waals surface area contributed by atoms with Crippen LogP contribution in [0.15, 0.2) is 83.1 Å². The number of nitrogens with zero attached hydrogens (tertiary/aromatic N) is 4. The first-order valence-corrected chi connectivity index (χ1v) is 11.8. The van der Waals surface area contributed by atoms with E-state index in [9.17, 15) is 13.6 Å². The van der Waals surface area contributed by atoms with Crippen molar-refractivity contribution in [1.29, 1.82) is 0 Å². The molecular weight excluding hydrogens is 464 g/mol. The topological polar surface area (TPSA) is 72.7 Å². The maximum Gasteiger partial charge on any atom is 0.288 e. The number of thioether (sulfide) groups is 2. The number of hydrogen-bond acceptors (Lipinski definition) is 6. The highest BCUT2D eigenvalue weighted by Gasteiger charge is 2.18. The van der Waals surface area contributed by atoms with Crippen LogP contribution in [0.2, 0.25) is 0 Å². The Balaban J connectivity index is 1.52. The summed E-state index contributed by atoms with van der Waals surface area (Å²) in [5.41, 5.74) is 3.30. The molecule has 10 heteroatoms. The fourth-order valence-electron chi connectivity index (χ4n) is 3.12. The first-order valence-electron chi connectivity index (χ1n) is 9.90. The largest absolute Gasteiger partial charge is 0.325 e. The lowest BCUT2D eigenvalue weighted by molar-refractivity contribution is -0.113. The Labute approximate surface area is 197 Å². The van der Waals surface area contributed by atoms with Crippen LogP contribution in [-0.2, 0) is 4.79 Å². The van der Waals surface area contributed by atoms with Crippen molar-refractivity contribution in [1.82, 2.24) is 19.7 Å². The fraction of sp³-hybridized carbons (Fsp3) is 0.130. The van der Waals surface area contributed by atoms with Gasteiger partial charge in [0.05, 0.1) is 11.4 Å². The molecule has 0 atom stereocenters. The summed E-state index contributed by atoms with van der Waals surface area (Å²) in [6.07, 6.45) is 3.41. The van der Waals surface area contributed by atoms with Crippen LogP contribution in [0.1, 0.15) is 5.56 Å². The van der Waals surface area contributed by atoms with E-state index in [1.165, 1.54) is 11.8 Å². The lowest BCUT2D eigenvalue weighted by Gasteiger charge is -2.12. The van der Waals surface area contributed by atoms with Crippen molar-refractivity contribution in [3.05, 3.63) is 78.6 Å². The molecule has 2 aromatic carbocycles. The number of alkyl halides is 2. The van der Waals surface area contributed by atoms with Gasteiger partial charge < -0.3 is 5.32 Å². The third kappa shape index (κ3) is 5.77. The number of aromatic nitrogens is 4. The summed E-state index contributed by atoms with van der Waals surface area (Å²) in [7, 11) is 0. The zero-order valence-corrected chi connectivity index (χ0v) is 19.1. The van der Waals surface area contributed by atoms with Gasteiger partial charge in [0, 0.05) is 28.5 Å². The summed E-state index contributed by atoms with van der Waals surface area (Å²) in [6, 6.07) is 17.9. The predicted molar refractivity (Wildman–Crippen MR) is 127 cm³/mol. The van der Waals surface area contributed by atoms with Crippen LogP contribution in [0.5, 0.6) is 0 Å². The summed E-state index contributed by atoms with van der Waals surface area (Å²) in [5, 5.41) is 12.0. The third-order valence-electron chi connectivity index (χ3n) is 4.61. The monoisotopic (exact) mass is 483 g/mol. The van der Waals surface area contributed by atoms with Gasteiger partial charge >= 0.3 is 0 Å². The van der Waals surface area contributed by atoms with Gasteiger partial charge in [-0.05, 0) is 55.0 Å². The summed E-state index contributed by atoms with van der Waals surface area (Å²) < 4.78 is 26.8. The maximum atomic E-state index is 12.5. The number of carbonyl (C=O) groups is 1. The van der Waals surface area contributed by atoms with Crippen LogP contribution >= 0.6 is 23.5 Å². The second-order valence-electron chi connectivity index (χ2n) is 6.91. The van der Waals surface area contributed by atoms with Gasteiger partial charge in [-0.1, -0.05) is 41.7 Å². The molecule has 0 saturated heterocycles. The van der Waals surface area contributed by atoms with Crippen molar-refractivity contribution in [2.75, 3.05) is 11.1 Å². The molecule has 0 unspecified atom stereocenters. The molecule has 6 nitrogen and oxygen atoms in total. The van der Waals surface area contributed by atoms with Gasteiger partial charge in [0.15, 0.2) is 11.0 Å². The number of amides is 1. The highest BCUT2D eigenvalue weighted by Crippen LogP contribution is 2.29. The minimum Gasteiger partial charge on any atom is -0.325 e. The standard InChI is InChI=1S/C23H19F2N5OS2/c1-15-5-2-3-7-19(15)30-21(16-6-4-12-26-13-16)28-29-23(30)32-14-20(31)27-17-8-10-18(11-9-17)33-22(24)25/h2-13,22H,14H2,1H3,(H,27,31). The molecule has 0 bridgehead atoms. The van der Waals surface area contributed by atoms with E-state index < -0.39 is 5.76 Å². The lowest BCUT2D eigenvalue weighted by atomic mass is 10.2. The molecule has 0 fully saturated rings. The van der Waals surface area contributed by atoms with Crippen molar-refractivity contribution < 1.29 is 13.6 Å². The van der Waals surface area contributed by atoms with Crippen LogP contribution in [0.3, 0.4) is 0 Å². The third-order valence-corrected chi connectivity index (χ3v) is 6.26. The van der Waals surface area contributed by atoms with Gasteiger partial charge in [0.1, 0.15) is 0 Å². The Hall–Kier alpha value is -3.24. The number of benzene rings is 2. The van der Waals surface area contributed by atoms with E-state index in [4.69, 9.17) is 0 Å². The molecule has 33 heavy (non-hydrogen) atoms. The number of carbonyl (C=O) groups excluding carboxylic acids is 1. The molecule has 168 valence electrons. The maximum absolute atomic E-state index is 12.5. The van der Waals surface area contributed by atoms with Crippen LogP contribution < -0.4 is 5.32 Å². The van der Waals surface area contributed by atoms with Crippen molar-refractivity contribution >= 4 is 35.1 Å². The zero-order valence-electron chi connectivity index (χ0n) is 17.5. The molecule has 0 aliphatic carbocycles. The average Bonchev–Trinajstić information content (AvgIpc) is 3.23. The summed E-state index contributed by atoms with van der Waals surface area (Å²) in [6.45, 7) is 2.00. The molecule has 0 radical (unpaired) electrons. The quantitative estimate of drug-likeness (QED) is 0.325. The van der Waals surface area contributed by atoms with Gasteiger partial charge in [-0.25, -0.2) is 0 Å². The molecule has 1 amide bonds. The first-order chi connectivity index (χ1) is 16.0. The number of rotatable bonds is 8. The Morgan fingerprint density at radius 2 is 1.85 bits per heavy atom. The van der Waals surface area contributed by atoms with E-state index in [0.29, 0.717) is 33.3 Å². The number of pyridine rings is 1. The Morgan fingerprint density at radius 3 is 2.55 bits per heavy atom. The minimum absolute atomic E-state index is 0.102. The molecule has 2 heterocycles. The first kappa shape index (κ1) is 22.9. The minimum atomic E-state index is -2.48. The molecule has 0 saturated carbocycles. The molecule has 0 aliphatic rings. The lowest BCUT2D eigenvalue weighted by Crippen LogP contribution is -2.14. The fourth-order valence-corrected chi connectivity index (χ4v) is 4.37. The Morgan fingerprint density at radius 1 is 1.06 bits per heavy atom. The second-order valence-corrected chi connectivity index (χ2v) is 8.92. The van der Waals surface area contributed by atoms with E-state index in [1.807, 2.05) is 47.9 Å². The molecule has 4 rings (SSSR count). The average molecular weight is 484 g/mol. The molecule has 4 aromatic rings. The highest BCUT2D eigenvalue weighted by molar-refractivity contribution is 8.00. The number of para-hydroxylation sites is 1. The van der Waals surface area contributed by atoms with Gasteiger partial charge in [-0.3, -0.25) is 14.3 Å². The van der Waals surface area contributed by atoms with Gasteiger partial charge in [0.25, 0.3) is 5.76 Å². The van der Waals surface area contributed by atoms with Crippen LogP contribution in [-0.4, -0.2) is 37.2 Å². The van der Waals surface area contributed by atoms with E-state index >= 15 is 0 Å². The predicted octanol–water partition coefficient (Wildman–Crippen LogP) is 5.68. The van der Waals surface area contributed by atoms with Crippen LogP contribution in [0, 0.1) is 6.92 Å². The molecule has 0 spiro atoms. The van der Waals surface area contributed by atoms with Gasteiger partial charge in [-0.2, -0.15) is 8.78 Å². The summed E-state index contributed by atoms with van der Waals surface area (Å²) in [4.78, 5) is 17.1. The SMILES string of the molecule is Cc1ccccc1-n1c(SCC(=O)Nc2ccc(SC(F)F)cc2)nnc1-c1cccnc1. The number of hydrogen-bond donors (Lipinski definition) is 1.